The molecule has 3 nitrogen and oxygen atoms in total. The molecule has 4 heteroatoms. The monoisotopic (exact) mass is 263 g/mol. The standard InChI is InChI=1S/C14H18ClN3/c1-3-11(4-2)17-13-8-5-7-12(15)14(13)18-10-6-9-16-18/h5-11,17H,3-4H2,1-2H3. The van der Waals surface area contributed by atoms with Crippen LogP contribution in [0.5, 0.6) is 0 Å². The van der Waals surface area contributed by atoms with Crippen LogP contribution in [0.15, 0.2) is 36.7 Å². The van der Waals surface area contributed by atoms with Gasteiger partial charge < -0.3 is 5.32 Å². The van der Waals surface area contributed by atoms with E-state index in [1.165, 1.54) is 0 Å². The molecule has 0 aliphatic rings. The molecular weight excluding hydrogens is 246 g/mol. The highest BCUT2D eigenvalue weighted by atomic mass is 35.5. The summed E-state index contributed by atoms with van der Waals surface area (Å²) in [5.74, 6) is 0. The first-order valence-electron chi connectivity index (χ1n) is 6.31. The van der Waals surface area contributed by atoms with Crippen LogP contribution in [-0.4, -0.2) is 15.8 Å². The van der Waals surface area contributed by atoms with Crippen molar-refractivity contribution in [3.05, 3.63) is 41.7 Å². The fourth-order valence-electron chi connectivity index (χ4n) is 1.98. The molecule has 1 aromatic heterocycles. The van der Waals surface area contributed by atoms with Gasteiger partial charge in [0, 0.05) is 18.4 Å². The normalized spacial score (nSPS) is 10.9. The van der Waals surface area contributed by atoms with Gasteiger partial charge in [-0.3, -0.25) is 0 Å². The summed E-state index contributed by atoms with van der Waals surface area (Å²) < 4.78 is 1.80. The maximum absolute atomic E-state index is 6.29. The van der Waals surface area contributed by atoms with Gasteiger partial charge in [0.05, 0.1) is 10.7 Å². The summed E-state index contributed by atoms with van der Waals surface area (Å²) in [6.07, 6.45) is 5.83. The van der Waals surface area contributed by atoms with Gasteiger partial charge >= 0.3 is 0 Å². The van der Waals surface area contributed by atoms with Gasteiger partial charge in [0.2, 0.25) is 0 Å². The predicted octanol–water partition coefficient (Wildman–Crippen LogP) is 4.13. The van der Waals surface area contributed by atoms with E-state index < -0.39 is 0 Å². The smallest absolute Gasteiger partial charge is 0.106 e. The number of aromatic nitrogens is 2. The second-order valence-electron chi connectivity index (χ2n) is 4.24. The van der Waals surface area contributed by atoms with Crippen molar-refractivity contribution in [3.8, 4) is 5.69 Å². The molecule has 18 heavy (non-hydrogen) atoms. The first kappa shape index (κ1) is 13.0. The van der Waals surface area contributed by atoms with E-state index in [-0.39, 0.29) is 0 Å². The van der Waals surface area contributed by atoms with Gasteiger partial charge in [-0.1, -0.05) is 31.5 Å². The molecule has 0 bridgehead atoms. The Hall–Kier alpha value is -1.48. The van der Waals surface area contributed by atoms with Gasteiger partial charge in [-0.05, 0) is 31.0 Å². The average molecular weight is 264 g/mol. The molecule has 1 aromatic carbocycles. The Balaban J connectivity index is 2.38. The van der Waals surface area contributed by atoms with Crippen molar-refractivity contribution >= 4 is 17.3 Å². The molecule has 0 amide bonds. The minimum absolute atomic E-state index is 0.456. The van der Waals surface area contributed by atoms with Crippen LogP contribution in [0, 0.1) is 0 Å². The lowest BCUT2D eigenvalue weighted by atomic mass is 10.1. The highest BCUT2D eigenvalue weighted by Gasteiger charge is 2.12. The first-order valence-corrected chi connectivity index (χ1v) is 6.69. The van der Waals surface area contributed by atoms with Crippen molar-refractivity contribution in [2.24, 2.45) is 0 Å². The largest absolute Gasteiger partial charge is 0.381 e. The van der Waals surface area contributed by atoms with Crippen molar-refractivity contribution in [2.75, 3.05) is 5.32 Å². The molecule has 0 aliphatic carbocycles. The van der Waals surface area contributed by atoms with E-state index >= 15 is 0 Å². The molecule has 1 N–H and O–H groups in total. The topological polar surface area (TPSA) is 29.9 Å². The third-order valence-corrected chi connectivity index (χ3v) is 3.37. The number of hydrogen-bond acceptors (Lipinski definition) is 2. The summed E-state index contributed by atoms with van der Waals surface area (Å²) >= 11 is 6.29. The summed E-state index contributed by atoms with van der Waals surface area (Å²) in [4.78, 5) is 0. The van der Waals surface area contributed by atoms with E-state index in [0.29, 0.717) is 11.1 Å². The minimum atomic E-state index is 0.456. The van der Waals surface area contributed by atoms with E-state index in [2.05, 4.69) is 24.3 Å². The molecule has 0 saturated heterocycles. The Morgan fingerprint density at radius 3 is 2.67 bits per heavy atom. The fourth-order valence-corrected chi connectivity index (χ4v) is 2.24. The number of rotatable bonds is 5. The van der Waals surface area contributed by atoms with Gasteiger partial charge in [0.15, 0.2) is 0 Å². The third-order valence-electron chi connectivity index (χ3n) is 3.07. The van der Waals surface area contributed by atoms with Gasteiger partial charge in [-0.25, -0.2) is 4.68 Å². The SMILES string of the molecule is CCC(CC)Nc1cccc(Cl)c1-n1cccn1. The molecule has 96 valence electrons. The van der Waals surface area contributed by atoms with Gasteiger partial charge in [0.1, 0.15) is 5.69 Å². The number of nitrogens with zero attached hydrogens (tertiary/aromatic N) is 2. The number of benzene rings is 1. The Morgan fingerprint density at radius 2 is 2.06 bits per heavy atom. The summed E-state index contributed by atoms with van der Waals surface area (Å²) in [6, 6.07) is 8.24. The molecule has 0 radical (unpaired) electrons. The molecule has 0 atom stereocenters. The van der Waals surface area contributed by atoms with Crippen LogP contribution in [0.1, 0.15) is 26.7 Å². The second kappa shape index (κ2) is 5.91. The molecule has 2 aromatic rings. The van der Waals surface area contributed by atoms with Crippen LogP contribution < -0.4 is 5.32 Å². The zero-order valence-electron chi connectivity index (χ0n) is 10.7. The van der Waals surface area contributed by atoms with Crippen LogP contribution >= 0.6 is 11.6 Å². The average Bonchev–Trinajstić information content (AvgIpc) is 2.89. The lowest BCUT2D eigenvalue weighted by Crippen LogP contribution is -2.18. The van der Waals surface area contributed by atoms with Crippen LogP contribution in [0.2, 0.25) is 5.02 Å². The quantitative estimate of drug-likeness (QED) is 0.879. The molecule has 0 fully saturated rings. The van der Waals surface area contributed by atoms with Crippen molar-refractivity contribution < 1.29 is 0 Å². The summed E-state index contributed by atoms with van der Waals surface area (Å²) in [5.41, 5.74) is 1.94. The number of halogens is 1. The number of nitrogens with one attached hydrogen (secondary N) is 1. The number of anilines is 1. The maximum atomic E-state index is 6.29. The zero-order valence-corrected chi connectivity index (χ0v) is 11.5. The van der Waals surface area contributed by atoms with Crippen LogP contribution in [0.4, 0.5) is 5.69 Å². The zero-order chi connectivity index (χ0) is 13.0. The Labute approximate surface area is 113 Å². The van der Waals surface area contributed by atoms with E-state index in [9.17, 15) is 0 Å². The Kier molecular flexibility index (Phi) is 4.26. The second-order valence-corrected chi connectivity index (χ2v) is 4.65. The highest BCUT2D eigenvalue weighted by Crippen LogP contribution is 2.28. The number of para-hydroxylation sites is 1. The molecular formula is C14H18ClN3. The van der Waals surface area contributed by atoms with Crippen LogP contribution in [-0.2, 0) is 0 Å². The molecule has 0 saturated carbocycles. The number of hydrogen-bond donors (Lipinski definition) is 1. The fraction of sp³-hybridized carbons (Fsp3) is 0.357. The predicted molar refractivity (Wildman–Crippen MR) is 76.6 cm³/mol. The van der Waals surface area contributed by atoms with Gasteiger partial charge in [-0.2, -0.15) is 5.10 Å². The van der Waals surface area contributed by atoms with Crippen molar-refractivity contribution in [3.63, 3.8) is 0 Å². The Bertz CT molecular complexity index is 490. The highest BCUT2D eigenvalue weighted by molar-refractivity contribution is 6.33. The Morgan fingerprint density at radius 1 is 1.28 bits per heavy atom. The third kappa shape index (κ3) is 2.67. The summed E-state index contributed by atoms with van der Waals surface area (Å²) in [7, 11) is 0. The summed E-state index contributed by atoms with van der Waals surface area (Å²) in [5, 5.41) is 8.49. The lowest BCUT2D eigenvalue weighted by molar-refractivity contribution is 0.670. The van der Waals surface area contributed by atoms with Gasteiger partial charge in [-0.15, -0.1) is 0 Å². The van der Waals surface area contributed by atoms with E-state index in [1.807, 2.05) is 30.5 Å². The first-order chi connectivity index (χ1) is 8.76. The molecule has 2 rings (SSSR count). The van der Waals surface area contributed by atoms with Gasteiger partial charge in [0.25, 0.3) is 0 Å². The molecule has 0 unspecified atom stereocenters. The lowest BCUT2D eigenvalue weighted by Gasteiger charge is -2.19. The van der Waals surface area contributed by atoms with Crippen LogP contribution in [0.25, 0.3) is 5.69 Å². The van der Waals surface area contributed by atoms with E-state index in [1.54, 1.807) is 10.9 Å². The van der Waals surface area contributed by atoms with Crippen molar-refractivity contribution in [1.29, 1.82) is 0 Å². The molecule has 0 aliphatic heterocycles. The van der Waals surface area contributed by atoms with E-state index in [4.69, 9.17) is 11.6 Å². The maximum Gasteiger partial charge on any atom is 0.106 e. The minimum Gasteiger partial charge on any atom is -0.381 e. The van der Waals surface area contributed by atoms with Crippen molar-refractivity contribution in [1.82, 2.24) is 9.78 Å². The van der Waals surface area contributed by atoms with Crippen molar-refractivity contribution in [2.45, 2.75) is 32.7 Å². The van der Waals surface area contributed by atoms with Crippen LogP contribution in [0.3, 0.4) is 0 Å². The summed E-state index contributed by atoms with van der Waals surface area (Å²) in [6.45, 7) is 4.36. The molecule has 1 heterocycles. The molecule has 0 spiro atoms. The van der Waals surface area contributed by atoms with E-state index in [0.717, 1.165) is 24.2 Å².